The van der Waals surface area contributed by atoms with Crippen LogP contribution >= 0.6 is 0 Å². The first-order valence-corrected chi connectivity index (χ1v) is 8.75. The highest BCUT2D eigenvalue weighted by molar-refractivity contribution is 7.91. The molecule has 0 spiro atoms. The topological polar surface area (TPSA) is 82.1 Å². The van der Waals surface area contributed by atoms with Crippen molar-refractivity contribution >= 4 is 15.7 Å². The molecule has 2 aliphatic rings. The largest absolute Gasteiger partial charge is 0.484 e. The second kappa shape index (κ2) is 5.68. The monoisotopic (exact) mass is 327 g/mol. The molecule has 7 nitrogen and oxygen atoms in total. The van der Waals surface area contributed by atoms with Crippen LogP contribution in [0.1, 0.15) is 6.42 Å². The van der Waals surface area contributed by atoms with Gasteiger partial charge in [-0.2, -0.15) is 0 Å². The van der Waals surface area contributed by atoms with Gasteiger partial charge in [-0.15, -0.1) is 0 Å². The Balaban J connectivity index is 1.56. The number of hydrogen-bond donors (Lipinski definition) is 0. The van der Waals surface area contributed by atoms with Crippen molar-refractivity contribution in [3.8, 4) is 17.2 Å². The lowest BCUT2D eigenvalue weighted by Crippen LogP contribution is -2.40. The molecular weight excluding hydrogens is 310 g/mol. The number of likely N-dealkylation sites (N-methyl/N-ethyl adjacent to an activating group) is 1. The molecule has 1 atom stereocenters. The Labute approximate surface area is 128 Å². The molecule has 1 amide bonds. The van der Waals surface area contributed by atoms with Crippen LogP contribution in [0.25, 0.3) is 0 Å². The van der Waals surface area contributed by atoms with Gasteiger partial charge in [-0.25, -0.2) is 8.42 Å². The van der Waals surface area contributed by atoms with Crippen LogP contribution in [0, 0.1) is 0 Å². The molecule has 2 heterocycles. The molecule has 0 saturated carbocycles. The van der Waals surface area contributed by atoms with Gasteiger partial charge in [0.25, 0.3) is 5.91 Å². The highest BCUT2D eigenvalue weighted by Gasteiger charge is 2.32. The van der Waals surface area contributed by atoms with Crippen molar-refractivity contribution in [2.75, 3.05) is 32.0 Å². The Morgan fingerprint density at radius 3 is 2.86 bits per heavy atom. The maximum atomic E-state index is 12.1. The van der Waals surface area contributed by atoms with Crippen LogP contribution in [0.4, 0.5) is 0 Å². The predicted molar refractivity (Wildman–Crippen MR) is 77.9 cm³/mol. The minimum absolute atomic E-state index is 0.0270. The number of carbonyl (C=O) groups is 1. The Morgan fingerprint density at radius 1 is 1.36 bits per heavy atom. The number of nitrogens with zero attached hydrogens (tertiary/aromatic N) is 1. The second-order valence-electron chi connectivity index (χ2n) is 5.37. The van der Waals surface area contributed by atoms with Crippen molar-refractivity contribution in [1.82, 2.24) is 4.90 Å². The van der Waals surface area contributed by atoms with Crippen molar-refractivity contribution in [3.63, 3.8) is 0 Å². The maximum Gasteiger partial charge on any atom is 0.260 e. The second-order valence-corrected chi connectivity index (χ2v) is 7.59. The molecule has 1 fully saturated rings. The highest BCUT2D eigenvalue weighted by atomic mass is 32.2. The summed E-state index contributed by atoms with van der Waals surface area (Å²) in [6.07, 6.45) is 0.481. The Hall–Kier alpha value is -1.96. The number of benzene rings is 1. The van der Waals surface area contributed by atoms with E-state index in [1.54, 1.807) is 25.2 Å². The lowest BCUT2D eigenvalue weighted by molar-refractivity contribution is -0.133. The average Bonchev–Trinajstić information content (AvgIpc) is 3.09. The SMILES string of the molecule is CN(C(=O)COc1ccc2c(c1)OCO2)[C@H]1CCS(=O)(=O)C1. The summed E-state index contributed by atoms with van der Waals surface area (Å²) >= 11 is 0. The van der Waals surface area contributed by atoms with Gasteiger partial charge in [-0.05, 0) is 18.6 Å². The van der Waals surface area contributed by atoms with Gasteiger partial charge in [0.05, 0.1) is 11.5 Å². The van der Waals surface area contributed by atoms with Crippen LogP contribution in [0.2, 0.25) is 0 Å². The summed E-state index contributed by atoms with van der Waals surface area (Å²) in [5, 5.41) is 0. The molecule has 1 aromatic rings. The smallest absolute Gasteiger partial charge is 0.260 e. The number of ether oxygens (including phenoxy) is 3. The highest BCUT2D eigenvalue weighted by Crippen LogP contribution is 2.35. The normalized spacial score (nSPS) is 21.6. The average molecular weight is 327 g/mol. The van der Waals surface area contributed by atoms with Crippen molar-refractivity contribution in [3.05, 3.63) is 18.2 Å². The van der Waals surface area contributed by atoms with Crippen molar-refractivity contribution in [1.29, 1.82) is 0 Å². The van der Waals surface area contributed by atoms with Crippen LogP contribution in [0.5, 0.6) is 17.2 Å². The van der Waals surface area contributed by atoms with Crippen LogP contribution in [0.3, 0.4) is 0 Å². The molecule has 2 aliphatic heterocycles. The van der Waals surface area contributed by atoms with Gasteiger partial charge in [0.1, 0.15) is 5.75 Å². The standard InChI is InChI=1S/C14H17NO6S/c1-15(10-4-5-22(17,18)8-10)14(16)7-19-11-2-3-12-13(6-11)21-9-20-12/h2-3,6,10H,4-5,7-9H2,1H3/t10-/m0/s1. The third-order valence-electron chi connectivity index (χ3n) is 3.86. The molecule has 0 bridgehead atoms. The van der Waals surface area contributed by atoms with E-state index < -0.39 is 9.84 Å². The lowest BCUT2D eigenvalue weighted by atomic mass is 10.2. The zero-order chi connectivity index (χ0) is 15.7. The fraction of sp³-hybridized carbons (Fsp3) is 0.500. The third-order valence-corrected chi connectivity index (χ3v) is 5.61. The van der Waals surface area contributed by atoms with Crippen LogP contribution in [-0.4, -0.2) is 57.2 Å². The van der Waals surface area contributed by atoms with Gasteiger partial charge in [0.2, 0.25) is 6.79 Å². The zero-order valence-electron chi connectivity index (χ0n) is 12.1. The van der Waals surface area contributed by atoms with E-state index in [-0.39, 0.29) is 36.9 Å². The fourth-order valence-electron chi connectivity index (χ4n) is 2.50. The van der Waals surface area contributed by atoms with Gasteiger partial charge in [-0.1, -0.05) is 0 Å². The first-order valence-electron chi connectivity index (χ1n) is 6.93. The number of carbonyl (C=O) groups excluding carboxylic acids is 1. The molecule has 3 rings (SSSR count). The van der Waals surface area contributed by atoms with E-state index in [4.69, 9.17) is 14.2 Å². The third kappa shape index (κ3) is 3.11. The molecule has 0 unspecified atom stereocenters. The lowest BCUT2D eigenvalue weighted by Gasteiger charge is -2.23. The quantitative estimate of drug-likeness (QED) is 0.798. The van der Waals surface area contributed by atoms with E-state index in [1.165, 1.54) is 4.90 Å². The van der Waals surface area contributed by atoms with E-state index in [2.05, 4.69) is 0 Å². The van der Waals surface area contributed by atoms with Gasteiger partial charge < -0.3 is 19.1 Å². The molecule has 0 N–H and O–H groups in total. The molecule has 0 aliphatic carbocycles. The van der Waals surface area contributed by atoms with E-state index >= 15 is 0 Å². The number of fused-ring (bicyclic) bond motifs is 1. The van der Waals surface area contributed by atoms with E-state index in [1.807, 2.05) is 0 Å². The van der Waals surface area contributed by atoms with Crippen molar-refractivity contribution in [2.45, 2.75) is 12.5 Å². The molecule has 120 valence electrons. The molecule has 0 radical (unpaired) electrons. The number of hydrogen-bond acceptors (Lipinski definition) is 6. The predicted octanol–water partition coefficient (Wildman–Crippen LogP) is 0.440. The first kappa shape index (κ1) is 15.0. The molecular formula is C14H17NO6S. The molecule has 0 aromatic heterocycles. The minimum Gasteiger partial charge on any atom is -0.484 e. The van der Waals surface area contributed by atoms with E-state index in [0.29, 0.717) is 23.7 Å². The number of rotatable bonds is 4. The summed E-state index contributed by atoms with van der Waals surface area (Å²) < 4.78 is 38.8. The van der Waals surface area contributed by atoms with Crippen LogP contribution < -0.4 is 14.2 Å². The Morgan fingerprint density at radius 2 is 2.14 bits per heavy atom. The van der Waals surface area contributed by atoms with Gasteiger partial charge >= 0.3 is 0 Å². The van der Waals surface area contributed by atoms with Crippen molar-refractivity contribution < 1.29 is 27.4 Å². The fourth-order valence-corrected chi connectivity index (χ4v) is 4.27. The first-order chi connectivity index (χ1) is 10.4. The summed E-state index contributed by atoms with van der Waals surface area (Å²) in [6, 6.07) is 4.81. The van der Waals surface area contributed by atoms with Gasteiger partial charge in [-0.3, -0.25) is 4.79 Å². The van der Waals surface area contributed by atoms with Crippen LogP contribution in [-0.2, 0) is 14.6 Å². The van der Waals surface area contributed by atoms with Crippen LogP contribution in [0.15, 0.2) is 18.2 Å². The minimum atomic E-state index is -3.01. The molecule has 1 aromatic carbocycles. The maximum absolute atomic E-state index is 12.1. The summed E-state index contributed by atoms with van der Waals surface area (Å²) in [6.45, 7) is 0.0311. The molecule has 8 heteroatoms. The summed E-state index contributed by atoms with van der Waals surface area (Å²) in [5.41, 5.74) is 0. The summed E-state index contributed by atoms with van der Waals surface area (Å²) in [7, 11) is -1.41. The number of amides is 1. The zero-order valence-corrected chi connectivity index (χ0v) is 13.0. The molecule has 22 heavy (non-hydrogen) atoms. The molecule has 1 saturated heterocycles. The number of sulfone groups is 1. The Bertz CT molecular complexity index is 687. The van der Waals surface area contributed by atoms with E-state index in [0.717, 1.165) is 0 Å². The van der Waals surface area contributed by atoms with Crippen molar-refractivity contribution in [2.24, 2.45) is 0 Å². The van der Waals surface area contributed by atoms with Gasteiger partial charge in [0, 0.05) is 19.2 Å². The van der Waals surface area contributed by atoms with E-state index in [9.17, 15) is 13.2 Å². The summed E-state index contributed by atoms with van der Waals surface area (Å²) in [4.78, 5) is 13.6. The van der Waals surface area contributed by atoms with Gasteiger partial charge in [0.15, 0.2) is 27.9 Å². The summed E-state index contributed by atoms with van der Waals surface area (Å²) in [5.74, 6) is 1.65. The Kier molecular flexibility index (Phi) is 3.86.